The monoisotopic (exact) mass is 270 g/mol. The highest BCUT2D eigenvalue weighted by Crippen LogP contribution is 2.22. The van der Waals surface area contributed by atoms with Crippen molar-refractivity contribution in [1.82, 2.24) is 0 Å². The van der Waals surface area contributed by atoms with Crippen molar-refractivity contribution in [3.8, 4) is 0 Å². The van der Waals surface area contributed by atoms with E-state index < -0.39 is 6.29 Å². The maximum absolute atomic E-state index is 9.25. The minimum absolute atomic E-state index is 0.341. The number of ether oxygens (including phenoxy) is 1. The number of hydrogen-bond donors (Lipinski definition) is 1. The van der Waals surface area contributed by atoms with E-state index >= 15 is 0 Å². The Morgan fingerprint density at radius 3 is 1.79 bits per heavy atom. The van der Waals surface area contributed by atoms with Crippen LogP contribution in [0.1, 0.15) is 96.8 Å². The van der Waals surface area contributed by atoms with Crippen LogP contribution in [0.2, 0.25) is 0 Å². The average Bonchev–Trinajstić information content (AvgIpc) is 2.82. The number of aliphatic hydroxyl groups excluding tert-OH is 1. The van der Waals surface area contributed by atoms with Crippen LogP contribution in [0.15, 0.2) is 0 Å². The van der Waals surface area contributed by atoms with Crippen LogP contribution >= 0.6 is 0 Å². The van der Waals surface area contributed by atoms with E-state index in [1.54, 1.807) is 0 Å². The van der Waals surface area contributed by atoms with Gasteiger partial charge in [0.15, 0.2) is 6.29 Å². The van der Waals surface area contributed by atoms with Crippen LogP contribution in [0.3, 0.4) is 0 Å². The molecule has 1 heterocycles. The predicted octanol–water partition coefficient (Wildman–Crippen LogP) is 5.18. The summed E-state index contributed by atoms with van der Waals surface area (Å²) in [6.45, 7) is 2.28. The Morgan fingerprint density at radius 1 is 0.789 bits per heavy atom. The molecule has 1 rings (SSSR count). The van der Waals surface area contributed by atoms with E-state index in [4.69, 9.17) is 4.74 Å². The van der Waals surface area contributed by atoms with E-state index in [0.29, 0.717) is 6.10 Å². The van der Waals surface area contributed by atoms with Crippen molar-refractivity contribution in [2.45, 2.75) is 109 Å². The van der Waals surface area contributed by atoms with Crippen LogP contribution in [-0.4, -0.2) is 17.5 Å². The quantitative estimate of drug-likeness (QED) is 0.495. The number of hydrogen-bond acceptors (Lipinski definition) is 2. The van der Waals surface area contributed by atoms with Crippen molar-refractivity contribution in [2.75, 3.05) is 0 Å². The van der Waals surface area contributed by atoms with Gasteiger partial charge in [-0.3, -0.25) is 0 Å². The van der Waals surface area contributed by atoms with E-state index in [9.17, 15) is 5.11 Å². The maximum Gasteiger partial charge on any atom is 0.154 e. The summed E-state index contributed by atoms with van der Waals surface area (Å²) in [4.78, 5) is 0. The van der Waals surface area contributed by atoms with Gasteiger partial charge >= 0.3 is 0 Å². The van der Waals surface area contributed by atoms with E-state index in [2.05, 4.69) is 6.92 Å². The highest BCUT2D eigenvalue weighted by Gasteiger charge is 2.22. The zero-order valence-corrected chi connectivity index (χ0v) is 12.9. The molecule has 1 N–H and O–H groups in total. The molecule has 2 unspecified atom stereocenters. The first-order chi connectivity index (χ1) is 9.33. The van der Waals surface area contributed by atoms with Gasteiger partial charge < -0.3 is 9.84 Å². The van der Waals surface area contributed by atoms with Gasteiger partial charge in [-0.2, -0.15) is 0 Å². The van der Waals surface area contributed by atoms with Crippen molar-refractivity contribution < 1.29 is 9.84 Å². The Bertz CT molecular complexity index is 194. The molecule has 1 fully saturated rings. The lowest BCUT2D eigenvalue weighted by Crippen LogP contribution is -2.09. The lowest BCUT2D eigenvalue weighted by atomic mass is 10.0. The minimum Gasteiger partial charge on any atom is -0.368 e. The third kappa shape index (κ3) is 9.45. The second-order valence-electron chi connectivity index (χ2n) is 6.11. The van der Waals surface area contributed by atoms with Crippen LogP contribution in [0, 0.1) is 0 Å². The third-order valence-corrected chi connectivity index (χ3v) is 4.21. The van der Waals surface area contributed by atoms with Crippen LogP contribution in [-0.2, 0) is 4.74 Å². The molecule has 2 atom stereocenters. The molecule has 0 amide bonds. The van der Waals surface area contributed by atoms with E-state index in [0.717, 1.165) is 19.3 Å². The molecular weight excluding hydrogens is 236 g/mol. The second-order valence-corrected chi connectivity index (χ2v) is 6.11. The minimum atomic E-state index is -0.474. The predicted molar refractivity (Wildman–Crippen MR) is 81.2 cm³/mol. The summed E-state index contributed by atoms with van der Waals surface area (Å²) < 4.78 is 5.41. The van der Waals surface area contributed by atoms with E-state index in [1.165, 1.54) is 70.6 Å². The largest absolute Gasteiger partial charge is 0.368 e. The molecule has 1 aliphatic rings. The fourth-order valence-electron chi connectivity index (χ4n) is 2.94. The third-order valence-electron chi connectivity index (χ3n) is 4.21. The summed E-state index contributed by atoms with van der Waals surface area (Å²) >= 11 is 0. The smallest absolute Gasteiger partial charge is 0.154 e. The Labute approximate surface area is 119 Å². The Kier molecular flexibility index (Phi) is 10.5. The van der Waals surface area contributed by atoms with Crippen molar-refractivity contribution in [2.24, 2.45) is 0 Å². The van der Waals surface area contributed by atoms with Gasteiger partial charge in [0.1, 0.15) is 0 Å². The average molecular weight is 270 g/mol. The molecular formula is C17H34O2. The topological polar surface area (TPSA) is 29.5 Å². The number of unbranched alkanes of at least 4 members (excludes halogenated alkanes) is 10. The fraction of sp³-hybridized carbons (Fsp3) is 1.00. The zero-order chi connectivity index (χ0) is 13.8. The summed E-state index contributed by atoms with van der Waals surface area (Å²) in [5.74, 6) is 0. The van der Waals surface area contributed by atoms with Gasteiger partial charge in [-0.1, -0.05) is 77.6 Å². The molecule has 0 aliphatic carbocycles. The lowest BCUT2D eigenvalue weighted by molar-refractivity contribution is -0.0920. The van der Waals surface area contributed by atoms with Crippen LogP contribution in [0.25, 0.3) is 0 Å². The fourth-order valence-corrected chi connectivity index (χ4v) is 2.94. The molecule has 114 valence electrons. The molecule has 1 saturated heterocycles. The van der Waals surface area contributed by atoms with Crippen molar-refractivity contribution >= 4 is 0 Å². The summed E-state index contributed by atoms with van der Waals surface area (Å²) in [6.07, 6.45) is 18.2. The van der Waals surface area contributed by atoms with Gasteiger partial charge in [0, 0.05) is 6.42 Å². The summed E-state index contributed by atoms with van der Waals surface area (Å²) in [5, 5.41) is 9.25. The molecule has 0 aromatic heterocycles. The van der Waals surface area contributed by atoms with Crippen LogP contribution in [0.4, 0.5) is 0 Å². The Morgan fingerprint density at radius 2 is 1.32 bits per heavy atom. The van der Waals surface area contributed by atoms with Gasteiger partial charge in [-0.05, 0) is 12.8 Å². The molecule has 0 spiro atoms. The highest BCUT2D eigenvalue weighted by atomic mass is 16.6. The SMILES string of the molecule is CCCCCCCCCCCCCC1CCC(O)O1. The van der Waals surface area contributed by atoms with E-state index in [-0.39, 0.29) is 0 Å². The summed E-state index contributed by atoms with van der Waals surface area (Å²) in [5.41, 5.74) is 0. The summed E-state index contributed by atoms with van der Waals surface area (Å²) in [6, 6.07) is 0. The molecule has 0 bridgehead atoms. The van der Waals surface area contributed by atoms with Gasteiger partial charge in [-0.15, -0.1) is 0 Å². The highest BCUT2D eigenvalue weighted by molar-refractivity contribution is 4.67. The normalized spacial score (nSPS) is 23.1. The van der Waals surface area contributed by atoms with Crippen LogP contribution in [0.5, 0.6) is 0 Å². The molecule has 0 radical (unpaired) electrons. The lowest BCUT2D eigenvalue weighted by Gasteiger charge is -2.09. The molecule has 19 heavy (non-hydrogen) atoms. The maximum atomic E-state index is 9.25. The molecule has 2 nitrogen and oxygen atoms in total. The first-order valence-electron chi connectivity index (χ1n) is 8.66. The molecule has 2 heteroatoms. The Balaban J connectivity index is 1.72. The first-order valence-corrected chi connectivity index (χ1v) is 8.66. The number of rotatable bonds is 12. The van der Waals surface area contributed by atoms with Crippen molar-refractivity contribution in [1.29, 1.82) is 0 Å². The van der Waals surface area contributed by atoms with Crippen LogP contribution < -0.4 is 0 Å². The zero-order valence-electron chi connectivity index (χ0n) is 12.9. The standard InChI is InChI=1S/C17H34O2/c1-2-3-4-5-6-7-8-9-10-11-12-13-16-14-15-17(18)19-16/h16-18H,2-15H2,1H3. The molecule has 0 aromatic carbocycles. The van der Waals surface area contributed by atoms with Gasteiger partial charge in [0.2, 0.25) is 0 Å². The summed E-state index contributed by atoms with van der Waals surface area (Å²) in [7, 11) is 0. The van der Waals surface area contributed by atoms with Gasteiger partial charge in [0.05, 0.1) is 6.10 Å². The van der Waals surface area contributed by atoms with Crippen molar-refractivity contribution in [3.05, 3.63) is 0 Å². The Hall–Kier alpha value is -0.0800. The molecule has 1 aliphatic heterocycles. The van der Waals surface area contributed by atoms with E-state index in [1.807, 2.05) is 0 Å². The first kappa shape index (κ1) is 17.0. The molecule has 0 aromatic rings. The second kappa shape index (κ2) is 11.7. The number of aliphatic hydroxyl groups is 1. The van der Waals surface area contributed by atoms with Crippen molar-refractivity contribution in [3.63, 3.8) is 0 Å². The van der Waals surface area contributed by atoms with Gasteiger partial charge in [0.25, 0.3) is 0 Å². The molecule has 0 saturated carbocycles. The van der Waals surface area contributed by atoms with Gasteiger partial charge in [-0.25, -0.2) is 0 Å².